The van der Waals surface area contributed by atoms with Gasteiger partial charge in [0.1, 0.15) is 12.1 Å². The number of cyclic esters (lactones) is 1. The number of piperidine rings is 1. The lowest BCUT2D eigenvalue weighted by Gasteiger charge is -2.48. The lowest BCUT2D eigenvalue weighted by atomic mass is 9.82. The highest BCUT2D eigenvalue weighted by atomic mass is 79.9. The molecule has 0 bridgehead atoms. The molecule has 1 aromatic carbocycles. The highest BCUT2D eigenvalue weighted by Crippen LogP contribution is 2.41. The second kappa shape index (κ2) is 5.49. The molecule has 2 heterocycles. The lowest BCUT2D eigenvalue weighted by Crippen LogP contribution is -2.56. The van der Waals surface area contributed by atoms with Crippen LogP contribution in [0.5, 0.6) is 0 Å². The quantitative estimate of drug-likeness (QED) is 0.734. The molecule has 0 N–H and O–H groups in total. The molecule has 4 heteroatoms. The van der Waals surface area contributed by atoms with E-state index < -0.39 is 0 Å². The Bertz CT molecular complexity index is 502. The van der Waals surface area contributed by atoms with Gasteiger partial charge in [-0.05, 0) is 43.4 Å². The summed E-state index contributed by atoms with van der Waals surface area (Å²) < 4.78 is 6.50. The van der Waals surface area contributed by atoms with Crippen molar-refractivity contribution in [1.82, 2.24) is 4.90 Å². The van der Waals surface area contributed by atoms with Crippen molar-refractivity contribution in [2.24, 2.45) is 5.92 Å². The molecule has 0 spiro atoms. The maximum absolute atomic E-state index is 12.1. The van der Waals surface area contributed by atoms with Gasteiger partial charge in [-0.1, -0.05) is 35.0 Å². The zero-order valence-corrected chi connectivity index (χ0v) is 13.5. The van der Waals surface area contributed by atoms with Crippen molar-refractivity contribution in [3.63, 3.8) is 0 Å². The Morgan fingerprint density at radius 2 is 1.90 bits per heavy atom. The molecular formula is C16H20BrNO2. The van der Waals surface area contributed by atoms with Gasteiger partial charge in [-0.15, -0.1) is 0 Å². The normalized spacial score (nSPS) is 34.5. The fourth-order valence-electron chi connectivity index (χ4n) is 3.55. The molecule has 3 nitrogen and oxygen atoms in total. The summed E-state index contributed by atoms with van der Waals surface area (Å²) in [6.07, 6.45) is 1.98. The summed E-state index contributed by atoms with van der Waals surface area (Å²) in [5.74, 6) is 0.517. The molecule has 1 unspecified atom stereocenters. The molecule has 4 atom stereocenters. The molecule has 0 amide bonds. The van der Waals surface area contributed by atoms with E-state index in [4.69, 9.17) is 4.74 Å². The second-order valence-electron chi connectivity index (χ2n) is 6.01. The Morgan fingerprint density at radius 1 is 1.20 bits per heavy atom. The van der Waals surface area contributed by atoms with Crippen molar-refractivity contribution in [1.29, 1.82) is 0 Å². The highest BCUT2D eigenvalue weighted by Gasteiger charge is 2.44. The van der Waals surface area contributed by atoms with Gasteiger partial charge in [0.15, 0.2) is 0 Å². The number of hydrogen-bond acceptors (Lipinski definition) is 3. The van der Waals surface area contributed by atoms with Gasteiger partial charge >= 0.3 is 5.97 Å². The number of benzene rings is 1. The monoisotopic (exact) mass is 337 g/mol. The van der Waals surface area contributed by atoms with E-state index in [1.165, 1.54) is 5.56 Å². The van der Waals surface area contributed by atoms with Crippen LogP contribution in [0.25, 0.3) is 0 Å². The number of nitrogens with zero attached hydrogens (tertiary/aromatic N) is 1. The summed E-state index contributed by atoms with van der Waals surface area (Å²) >= 11 is 3.48. The van der Waals surface area contributed by atoms with Crippen LogP contribution in [0.2, 0.25) is 0 Å². The van der Waals surface area contributed by atoms with Gasteiger partial charge < -0.3 is 4.74 Å². The van der Waals surface area contributed by atoms with Crippen LogP contribution >= 0.6 is 15.9 Å². The number of hydrogen-bond donors (Lipinski definition) is 0. The van der Waals surface area contributed by atoms with Gasteiger partial charge in [0.25, 0.3) is 0 Å². The number of ether oxygens (including phenoxy) is 1. The summed E-state index contributed by atoms with van der Waals surface area (Å²) in [7, 11) is 0. The van der Waals surface area contributed by atoms with Gasteiger partial charge in [-0.3, -0.25) is 9.69 Å². The van der Waals surface area contributed by atoms with Crippen molar-refractivity contribution in [2.75, 3.05) is 6.54 Å². The highest BCUT2D eigenvalue weighted by molar-refractivity contribution is 9.10. The first-order valence-electron chi connectivity index (χ1n) is 7.28. The minimum absolute atomic E-state index is 0.0120. The maximum atomic E-state index is 12.1. The van der Waals surface area contributed by atoms with Crippen molar-refractivity contribution < 1.29 is 9.53 Å². The van der Waals surface area contributed by atoms with Crippen LogP contribution in [0, 0.1) is 5.92 Å². The topological polar surface area (TPSA) is 29.5 Å². The van der Waals surface area contributed by atoms with Gasteiger partial charge in [0.2, 0.25) is 0 Å². The minimum Gasteiger partial charge on any atom is -0.460 e. The van der Waals surface area contributed by atoms with E-state index in [2.05, 4.69) is 52.0 Å². The van der Waals surface area contributed by atoms with Crippen molar-refractivity contribution >= 4 is 21.9 Å². The zero-order valence-electron chi connectivity index (χ0n) is 11.9. The molecule has 2 aliphatic heterocycles. The molecule has 20 heavy (non-hydrogen) atoms. The van der Waals surface area contributed by atoms with Crippen LogP contribution < -0.4 is 0 Å². The molecule has 2 fully saturated rings. The van der Waals surface area contributed by atoms with Crippen LogP contribution in [0.3, 0.4) is 0 Å². The Balaban J connectivity index is 1.93. The summed E-state index contributed by atoms with van der Waals surface area (Å²) in [5, 5.41) is 0. The fraction of sp³-hybridized carbons (Fsp3) is 0.562. The number of carbonyl (C=O) groups is 1. The SMILES string of the molecule is C[C@H]1CN2C(CC[C@H](C)[C@H]2c2ccc(Br)cc2)C(=O)O1. The Labute approximate surface area is 128 Å². The smallest absolute Gasteiger partial charge is 0.323 e. The lowest BCUT2D eigenvalue weighted by molar-refractivity contribution is -0.172. The average molecular weight is 338 g/mol. The Kier molecular flexibility index (Phi) is 3.87. The van der Waals surface area contributed by atoms with E-state index in [-0.39, 0.29) is 18.1 Å². The van der Waals surface area contributed by atoms with Gasteiger partial charge in [-0.2, -0.15) is 0 Å². The Morgan fingerprint density at radius 3 is 2.60 bits per heavy atom. The van der Waals surface area contributed by atoms with Crippen LogP contribution in [-0.2, 0) is 9.53 Å². The third-order valence-electron chi connectivity index (χ3n) is 4.46. The van der Waals surface area contributed by atoms with Crippen LogP contribution in [0.4, 0.5) is 0 Å². The molecule has 0 radical (unpaired) electrons. The molecule has 108 valence electrons. The van der Waals surface area contributed by atoms with Gasteiger partial charge in [0, 0.05) is 17.1 Å². The van der Waals surface area contributed by atoms with E-state index in [0.717, 1.165) is 23.9 Å². The Hall–Kier alpha value is -0.870. The first kappa shape index (κ1) is 14.1. The first-order chi connectivity index (χ1) is 9.56. The number of fused-ring (bicyclic) bond motifs is 1. The summed E-state index contributed by atoms with van der Waals surface area (Å²) in [4.78, 5) is 14.5. The third-order valence-corrected chi connectivity index (χ3v) is 4.99. The molecule has 1 aromatic rings. The number of morpholine rings is 1. The third kappa shape index (κ3) is 2.51. The molecular weight excluding hydrogens is 318 g/mol. The van der Waals surface area contributed by atoms with Crippen LogP contribution in [0.15, 0.2) is 28.7 Å². The second-order valence-corrected chi connectivity index (χ2v) is 6.93. The van der Waals surface area contributed by atoms with Crippen LogP contribution in [-0.4, -0.2) is 29.6 Å². The molecule has 2 saturated heterocycles. The number of halogens is 1. The van der Waals surface area contributed by atoms with Crippen molar-refractivity contribution in [3.8, 4) is 0 Å². The summed E-state index contributed by atoms with van der Waals surface area (Å²) in [5.41, 5.74) is 1.30. The molecule has 0 aliphatic carbocycles. The van der Waals surface area contributed by atoms with Gasteiger partial charge in [0.05, 0.1) is 0 Å². The molecule has 3 rings (SSSR count). The first-order valence-corrected chi connectivity index (χ1v) is 8.07. The number of carbonyl (C=O) groups excluding carboxylic acids is 1. The molecule has 2 aliphatic rings. The van der Waals surface area contributed by atoms with E-state index in [0.29, 0.717) is 12.0 Å². The van der Waals surface area contributed by atoms with E-state index in [1.807, 2.05) is 6.92 Å². The van der Waals surface area contributed by atoms with E-state index in [9.17, 15) is 4.79 Å². The summed E-state index contributed by atoms with van der Waals surface area (Å²) in [6.45, 7) is 5.10. The minimum atomic E-state index is -0.0592. The summed E-state index contributed by atoms with van der Waals surface area (Å²) in [6, 6.07) is 8.75. The number of esters is 1. The number of rotatable bonds is 1. The molecule has 0 aromatic heterocycles. The fourth-order valence-corrected chi connectivity index (χ4v) is 3.81. The zero-order chi connectivity index (χ0) is 14.3. The van der Waals surface area contributed by atoms with E-state index >= 15 is 0 Å². The maximum Gasteiger partial charge on any atom is 0.323 e. The largest absolute Gasteiger partial charge is 0.460 e. The average Bonchev–Trinajstić information content (AvgIpc) is 2.40. The van der Waals surface area contributed by atoms with Crippen molar-refractivity contribution in [3.05, 3.63) is 34.3 Å². The van der Waals surface area contributed by atoms with Crippen LogP contribution in [0.1, 0.15) is 38.3 Å². The standard InChI is InChI=1S/C16H20BrNO2/c1-10-3-8-14-16(19)20-11(2)9-18(14)15(10)12-4-6-13(17)7-5-12/h4-7,10-11,14-15H,3,8-9H2,1-2H3/t10-,11-,14?,15-/m0/s1. The van der Waals surface area contributed by atoms with E-state index in [1.54, 1.807) is 0 Å². The predicted molar refractivity (Wildman–Crippen MR) is 81.3 cm³/mol. The predicted octanol–water partition coefficient (Wildman–Crippen LogP) is 3.54. The van der Waals surface area contributed by atoms with Gasteiger partial charge in [-0.25, -0.2) is 0 Å². The van der Waals surface area contributed by atoms with Crippen molar-refractivity contribution in [2.45, 2.75) is 44.9 Å². The molecule has 0 saturated carbocycles.